The molecule has 7 heteroatoms. The zero-order chi connectivity index (χ0) is 20.9. The molecule has 1 aliphatic rings. The molecule has 0 N–H and O–H groups in total. The highest BCUT2D eigenvalue weighted by atomic mass is 32.1. The van der Waals surface area contributed by atoms with E-state index in [4.69, 9.17) is 9.47 Å². The second-order valence-electron chi connectivity index (χ2n) is 7.32. The van der Waals surface area contributed by atoms with E-state index in [1.54, 1.807) is 24.8 Å². The molecule has 1 saturated heterocycles. The molecule has 2 aromatic carbocycles. The summed E-state index contributed by atoms with van der Waals surface area (Å²) >= 11 is 1.53. The van der Waals surface area contributed by atoms with E-state index in [0.29, 0.717) is 30.2 Å². The van der Waals surface area contributed by atoms with Crippen LogP contribution in [-0.2, 0) is 6.61 Å². The summed E-state index contributed by atoms with van der Waals surface area (Å²) in [6, 6.07) is 15.6. The Morgan fingerprint density at radius 3 is 2.73 bits per heavy atom. The van der Waals surface area contributed by atoms with Crippen LogP contribution in [0.4, 0.5) is 0 Å². The summed E-state index contributed by atoms with van der Waals surface area (Å²) in [7, 11) is 3.68. The fourth-order valence-electron chi connectivity index (χ4n) is 3.67. The van der Waals surface area contributed by atoms with Gasteiger partial charge in [-0.05, 0) is 30.8 Å². The molecule has 0 unspecified atom stereocenters. The number of ether oxygens (including phenoxy) is 2. The van der Waals surface area contributed by atoms with Gasteiger partial charge in [-0.15, -0.1) is 11.3 Å². The molecule has 2 heterocycles. The quantitative estimate of drug-likeness (QED) is 0.603. The van der Waals surface area contributed by atoms with Crippen LogP contribution in [0.25, 0.3) is 0 Å². The van der Waals surface area contributed by atoms with Gasteiger partial charge in [0.1, 0.15) is 6.61 Å². The Labute approximate surface area is 180 Å². The standard InChI is InChI=1S/C23H25N3O3S/c1-25-10-11-26(20(13-25)17-6-4-3-5-7-17)23(27)18-8-9-21(22(12-18)28-2)29-14-19-15-30-16-24-19/h3-9,12,15-16,20H,10-11,13-14H2,1-2H3/t20-/m0/s1. The Bertz CT molecular complexity index is 979. The van der Waals surface area contributed by atoms with Crippen molar-refractivity contribution in [3.05, 3.63) is 76.2 Å². The lowest BCUT2D eigenvalue weighted by Gasteiger charge is -2.40. The van der Waals surface area contributed by atoms with Crippen molar-refractivity contribution in [2.45, 2.75) is 12.6 Å². The maximum absolute atomic E-state index is 13.4. The number of aromatic nitrogens is 1. The van der Waals surface area contributed by atoms with Gasteiger partial charge in [0.15, 0.2) is 11.5 Å². The molecule has 1 amide bonds. The van der Waals surface area contributed by atoms with E-state index in [0.717, 1.165) is 24.3 Å². The van der Waals surface area contributed by atoms with Crippen LogP contribution in [0.2, 0.25) is 0 Å². The van der Waals surface area contributed by atoms with Gasteiger partial charge in [-0.3, -0.25) is 4.79 Å². The molecule has 1 aliphatic heterocycles. The van der Waals surface area contributed by atoms with Crippen molar-refractivity contribution in [1.82, 2.24) is 14.8 Å². The van der Waals surface area contributed by atoms with Crippen LogP contribution in [0.5, 0.6) is 11.5 Å². The minimum absolute atomic E-state index is 0.00121. The van der Waals surface area contributed by atoms with Crippen molar-refractivity contribution in [2.24, 2.45) is 0 Å². The Morgan fingerprint density at radius 1 is 1.17 bits per heavy atom. The molecular weight excluding hydrogens is 398 g/mol. The number of carbonyl (C=O) groups excluding carboxylic acids is 1. The van der Waals surface area contributed by atoms with Gasteiger partial charge in [-0.2, -0.15) is 0 Å². The third-order valence-electron chi connectivity index (χ3n) is 5.30. The normalized spacial score (nSPS) is 17.0. The Morgan fingerprint density at radius 2 is 2.00 bits per heavy atom. The zero-order valence-corrected chi connectivity index (χ0v) is 18.0. The number of benzene rings is 2. The fraction of sp³-hybridized carbons (Fsp3) is 0.304. The number of likely N-dealkylation sites (N-methyl/N-ethyl adjacent to an activating group) is 1. The lowest BCUT2D eigenvalue weighted by Crippen LogP contribution is -2.49. The number of hydrogen-bond acceptors (Lipinski definition) is 6. The maximum Gasteiger partial charge on any atom is 0.254 e. The van der Waals surface area contributed by atoms with Crippen LogP contribution in [0.3, 0.4) is 0 Å². The largest absolute Gasteiger partial charge is 0.493 e. The van der Waals surface area contributed by atoms with Crippen LogP contribution >= 0.6 is 11.3 Å². The number of nitrogens with zero attached hydrogens (tertiary/aromatic N) is 3. The van der Waals surface area contributed by atoms with Crippen molar-refractivity contribution in [2.75, 3.05) is 33.8 Å². The van der Waals surface area contributed by atoms with E-state index < -0.39 is 0 Å². The molecule has 1 aromatic heterocycles. The highest BCUT2D eigenvalue weighted by Gasteiger charge is 2.31. The van der Waals surface area contributed by atoms with Gasteiger partial charge in [-0.25, -0.2) is 4.98 Å². The topological polar surface area (TPSA) is 54.9 Å². The van der Waals surface area contributed by atoms with Gasteiger partial charge in [-0.1, -0.05) is 30.3 Å². The second kappa shape index (κ2) is 9.28. The molecule has 0 bridgehead atoms. The van der Waals surface area contributed by atoms with E-state index in [1.165, 1.54) is 11.3 Å². The summed E-state index contributed by atoms with van der Waals surface area (Å²) in [5.41, 5.74) is 4.38. The van der Waals surface area contributed by atoms with E-state index in [2.05, 4.69) is 29.1 Å². The van der Waals surface area contributed by atoms with Crippen molar-refractivity contribution >= 4 is 17.2 Å². The summed E-state index contributed by atoms with van der Waals surface area (Å²) in [4.78, 5) is 21.9. The number of piperazine rings is 1. The minimum Gasteiger partial charge on any atom is -0.493 e. The Hall–Kier alpha value is -2.90. The molecule has 3 aromatic rings. The molecule has 0 aliphatic carbocycles. The Kier molecular flexibility index (Phi) is 6.30. The second-order valence-corrected chi connectivity index (χ2v) is 8.04. The number of amides is 1. The van der Waals surface area contributed by atoms with Crippen molar-refractivity contribution in [1.29, 1.82) is 0 Å². The molecule has 1 atom stereocenters. The molecule has 30 heavy (non-hydrogen) atoms. The van der Waals surface area contributed by atoms with Crippen LogP contribution in [0.1, 0.15) is 27.7 Å². The number of carbonyl (C=O) groups is 1. The third-order valence-corrected chi connectivity index (χ3v) is 5.93. The maximum atomic E-state index is 13.4. The van der Waals surface area contributed by atoms with Gasteiger partial charge in [0.25, 0.3) is 5.91 Å². The molecule has 0 radical (unpaired) electrons. The summed E-state index contributed by atoms with van der Waals surface area (Å²) in [5.74, 6) is 1.14. The van der Waals surface area contributed by atoms with E-state index >= 15 is 0 Å². The summed E-state index contributed by atoms with van der Waals surface area (Å²) in [6.07, 6.45) is 0. The number of rotatable bonds is 6. The highest BCUT2D eigenvalue weighted by Crippen LogP contribution is 2.32. The predicted molar refractivity (Wildman–Crippen MR) is 117 cm³/mol. The monoisotopic (exact) mass is 423 g/mol. The first-order valence-corrected chi connectivity index (χ1v) is 10.8. The first kappa shape index (κ1) is 20.4. The number of hydrogen-bond donors (Lipinski definition) is 0. The lowest BCUT2D eigenvalue weighted by atomic mass is 10.0. The Balaban J connectivity index is 1.55. The molecule has 4 rings (SSSR count). The first-order chi connectivity index (χ1) is 14.7. The zero-order valence-electron chi connectivity index (χ0n) is 17.2. The van der Waals surface area contributed by atoms with Gasteiger partial charge >= 0.3 is 0 Å². The van der Waals surface area contributed by atoms with Gasteiger partial charge in [0, 0.05) is 30.6 Å². The summed E-state index contributed by atoms with van der Waals surface area (Å²) < 4.78 is 11.3. The number of thiazole rings is 1. The van der Waals surface area contributed by atoms with E-state index in [9.17, 15) is 4.79 Å². The average Bonchev–Trinajstić information content (AvgIpc) is 3.31. The summed E-state index contributed by atoms with van der Waals surface area (Å²) in [5, 5.41) is 1.95. The molecule has 6 nitrogen and oxygen atoms in total. The third kappa shape index (κ3) is 4.47. The van der Waals surface area contributed by atoms with Crippen LogP contribution in [0.15, 0.2) is 59.4 Å². The lowest BCUT2D eigenvalue weighted by molar-refractivity contribution is 0.0497. The minimum atomic E-state index is 0.00121. The molecular formula is C23H25N3O3S. The molecule has 1 fully saturated rings. The number of methoxy groups -OCH3 is 1. The van der Waals surface area contributed by atoms with Crippen LogP contribution in [-0.4, -0.2) is 54.5 Å². The van der Waals surface area contributed by atoms with Gasteiger partial charge in [0.05, 0.1) is 24.4 Å². The van der Waals surface area contributed by atoms with E-state index in [-0.39, 0.29) is 11.9 Å². The van der Waals surface area contributed by atoms with Crippen LogP contribution < -0.4 is 9.47 Å². The van der Waals surface area contributed by atoms with E-state index in [1.807, 2.05) is 34.5 Å². The fourth-order valence-corrected chi connectivity index (χ4v) is 4.21. The average molecular weight is 424 g/mol. The SMILES string of the molecule is COc1cc(C(=O)N2CCN(C)C[C@H]2c2ccccc2)ccc1OCc1cscn1. The van der Waals surface area contributed by atoms with Crippen molar-refractivity contribution < 1.29 is 14.3 Å². The molecule has 0 saturated carbocycles. The molecule has 156 valence electrons. The predicted octanol–water partition coefficient (Wildman–Crippen LogP) is 3.86. The smallest absolute Gasteiger partial charge is 0.254 e. The first-order valence-electron chi connectivity index (χ1n) is 9.88. The summed E-state index contributed by atoms with van der Waals surface area (Å²) in [6.45, 7) is 2.70. The van der Waals surface area contributed by atoms with Crippen LogP contribution in [0, 0.1) is 0 Å². The highest BCUT2D eigenvalue weighted by molar-refractivity contribution is 7.07. The van der Waals surface area contributed by atoms with Crippen molar-refractivity contribution in [3.8, 4) is 11.5 Å². The van der Waals surface area contributed by atoms with Gasteiger partial charge < -0.3 is 19.3 Å². The van der Waals surface area contributed by atoms with Crippen molar-refractivity contribution in [3.63, 3.8) is 0 Å². The molecule has 0 spiro atoms. The van der Waals surface area contributed by atoms with Gasteiger partial charge in [0.2, 0.25) is 0 Å².